The smallest absolute Gasteiger partial charge is 0.0936 e. The third kappa shape index (κ3) is 4.04. The van der Waals surface area contributed by atoms with Crippen LogP contribution in [0.15, 0.2) is 18.5 Å². The highest BCUT2D eigenvalue weighted by molar-refractivity contribution is 4.79. The molecule has 0 N–H and O–H groups in total. The zero-order chi connectivity index (χ0) is 13.6. The van der Waals surface area contributed by atoms with Gasteiger partial charge in [0.2, 0.25) is 0 Å². The normalized spacial score (nSPS) is 25.9. The first-order chi connectivity index (χ1) is 9.90. The molecule has 1 aromatic rings. The zero-order valence-corrected chi connectivity index (χ0v) is 12.1. The van der Waals surface area contributed by atoms with E-state index in [1.807, 2.05) is 16.9 Å². The van der Waals surface area contributed by atoms with Crippen molar-refractivity contribution >= 4 is 0 Å². The third-order valence-electron chi connectivity index (χ3n) is 4.38. The van der Waals surface area contributed by atoms with Gasteiger partial charge in [-0.3, -0.25) is 4.68 Å². The molecule has 2 saturated heterocycles. The molecule has 0 aromatic carbocycles. The van der Waals surface area contributed by atoms with E-state index in [2.05, 4.69) is 16.2 Å². The van der Waals surface area contributed by atoms with E-state index in [1.165, 1.54) is 32.4 Å². The van der Waals surface area contributed by atoms with E-state index in [0.717, 1.165) is 38.8 Å². The van der Waals surface area contributed by atoms with Crippen molar-refractivity contribution in [3.63, 3.8) is 0 Å². The Kier molecular flexibility index (Phi) is 5.06. The first-order valence-corrected chi connectivity index (χ1v) is 7.79. The molecule has 2 aliphatic rings. The molecule has 0 bridgehead atoms. The number of hydrogen-bond acceptors (Lipinski definition) is 4. The SMILES string of the molecule is c1cnn(CCC2CCN(C[C@@H]3COCCO3)CC2)c1. The standard InChI is InChI=1S/C15H25N3O2/c1-5-16-18(6-1)9-4-14-2-7-17(8-3-14)12-15-13-19-10-11-20-15/h1,5-6,14-15H,2-4,7-13H2/t15-/m1/s1. The summed E-state index contributed by atoms with van der Waals surface area (Å²) >= 11 is 0. The topological polar surface area (TPSA) is 39.5 Å². The zero-order valence-electron chi connectivity index (χ0n) is 12.1. The number of rotatable bonds is 5. The summed E-state index contributed by atoms with van der Waals surface area (Å²) in [5.41, 5.74) is 0. The highest BCUT2D eigenvalue weighted by atomic mass is 16.6. The Hall–Kier alpha value is -0.910. The summed E-state index contributed by atoms with van der Waals surface area (Å²) in [6.07, 6.45) is 8.04. The summed E-state index contributed by atoms with van der Waals surface area (Å²) in [4.78, 5) is 2.53. The average Bonchev–Trinajstić information content (AvgIpc) is 3.01. The molecule has 0 radical (unpaired) electrons. The molecule has 0 amide bonds. The van der Waals surface area contributed by atoms with Crippen LogP contribution in [0.2, 0.25) is 0 Å². The number of nitrogens with zero attached hydrogens (tertiary/aromatic N) is 3. The van der Waals surface area contributed by atoms with Crippen LogP contribution in [0.1, 0.15) is 19.3 Å². The van der Waals surface area contributed by atoms with Gasteiger partial charge in [0.05, 0.1) is 25.9 Å². The monoisotopic (exact) mass is 279 g/mol. The molecule has 20 heavy (non-hydrogen) atoms. The summed E-state index contributed by atoms with van der Waals surface area (Å²) in [5, 5.41) is 4.27. The number of likely N-dealkylation sites (tertiary alicyclic amines) is 1. The van der Waals surface area contributed by atoms with Gasteiger partial charge in [-0.05, 0) is 44.3 Å². The van der Waals surface area contributed by atoms with Crippen LogP contribution in [-0.2, 0) is 16.0 Å². The number of ether oxygens (including phenoxy) is 2. The Labute approximate surface area is 120 Å². The van der Waals surface area contributed by atoms with Crippen LogP contribution in [0.5, 0.6) is 0 Å². The van der Waals surface area contributed by atoms with Gasteiger partial charge in [-0.2, -0.15) is 5.10 Å². The van der Waals surface area contributed by atoms with Gasteiger partial charge in [-0.15, -0.1) is 0 Å². The minimum Gasteiger partial charge on any atom is -0.376 e. The maximum Gasteiger partial charge on any atom is 0.0936 e. The summed E-state index contributed by atoms with van der Waals surface area (Å²) in [6, 6.07) is 1.99. The Morgan fingerprint density at radius 1 is 1.20 bits per heavy atom. The fourth-order valence-corrected chi connectivity index (χ4v) is 3.14. The van der Waals surface area contributed by atoms with Gasteiger partial charge in [0.25, 0.3) is 0 Å². The Balaban J connectivity index is 1.34. The van der Waals surface area contributed by atoms with Crippen LogP contribution in [0.4, 0.5) is 0 Å². The molecular weight excluding hydrogens is 254 g/mol. The second-order valence-electron chi connectivity index (χ2n) is 5.87. The van der Waals surface area contributed by atoms with Gasteiger partial charge in [-0.25, -0.2) is 0 Å². The molecule has 112 valence electrons. The molecule has 0 saturated carbocycles. The minimum absolute atomic E-state index is 0.282. The molecule has 0 unspecified atom stereocenters. The van der Waals surface area contributed by atoms with Crippen molar-refractivity contribution in [3.8, 4) is 0 Å². The van der Waals surface area contributed by atoms with E-state index in [1.54, 1.807) is 0 Å². The lowest BCUT2D eigenvalue weighted by Crippen LogP contribution is -2.43. The molecule has 0 spiro atoms. The van der Waals surface area contributed by atoms with Crippen LogP contribution >= 0.6 is 0 Å². The van der Waals surface area contributed by atoms with Crippen LogP contribution in [0, 0.1) is 5.92 Å². The van der Waals surface area contributed by atoms with Gasteiger partial charge in [-0.1, -0.05) is 0 Å². The molecule has 5 nitrogen and oxygen atoms in total. The fraction of sp³-hybridized carbons (Fsp3) is 0.800. The molecule has 2 aliphatic heterocycles. The molecule has 5 heteroatoms. The van der Waals surface area contributed by atoms with E-state index >= 15 is 0 Å². The second-order valence-corrected chi connectivity index (χ2v) is 5.87. The van der Waals surface area contributed by atoms with Gasteiger partial charge in [0.15, 0.2) is 0 Å². The predicted molar refractivity (Wildman–Crippen MR) is 76.6 cm³/mol. The molecule has 3 rings (SSSR count). The largest absolute Gasteiger partial charge is 0.376 e. The minimum atomic E-state index is 0.282. The van der Waals surface area contributed by atoms with Crippen LogP contribution in [0.3, 0.4) is 0 Å². The molecular formula is C15H25N3O2. The van der Waals surface area contributed by atoms with E-state index in [0.29, 0.717) is 0 Å². The van der Waals surface area contributed by atoms with E-state index in [9.17, 15) is 0 Å². The Bertz CT molecular complexity index is 368. The lowest BCUT2D eigenvalue weighted by Gasteiger charge is -2.35. The third-order valence-corrected chi connectivity index (χ3v) is 4.38. The van der Waals surface area contributed by atoms with E-state index in [-0.39, 0.29) is 6.10 Å². The second kappa shape index (κ2) is 7.20. The van der Waals surface area contributed by atoms with E-state index < -0.39 is 0 Å². The summed E-state index contributed by atoms with van der Waals surface area (Å²) < 4.78 is 13.2. The number of piperidine rings is 1. The highest BCUT2D eigenvalue weighted by Crippen LogP contribution is 2.21. The van der Waals surface area contributed by atoms with Crippen LogP contribution in [-0.4, -0.2) is 60.2 Å². The van der Waals surface area contributed by atoms with Crippen LogP contribution < -0.4 is 0 Å². The van der Waals surface area contributed by atoms with Gasteiger partial charge in [0, 0.05) is 25.5 Å². The first-order valence-electron chi connectivity index (χ1n) is 7.79. The average molecular weight is 279 g/mol. The quantitative estimate of drug-likeness (QED) is 0.817. The van der Waals surface area contributed by atoms with Crippen molar-refractivity contribution in [3.05, 3.63) is 18.5 Å². The van der Waals surface area contributed by atoms with Crippen LogP contribution in [0.25, 0.3) is 0 Å². The number of hydrogen-bond donors (Lipinski definition) is 0. The van der Waals surface area contributed by atoms with Crippen molar-refractivity contribution < 1.29 is 9.47 Å². The fourth-order valence-electron chi connectivity index (χ4n) is 3.14. The number of aryl methyl sites for hydroxylation is 1. The lowest BCUT2D eigenvalue weighted by molar-refractivity contribution is -0.0993. The molecule has 0 aliphatic carbocycles. The molecule has 1 aromatic heterocycles. The highest BCUT2D eigenvalue weighted by Gasteiger charge is 2.23. The van der Waals surface area contributed by atoms with Crippen molar-refractivity contribution in [1.29, 1.82) is 0 Å². The maximum absolute atomic E-state index is 5.73. The first kappa shape index (κ1) is 14.0. The van der Waals surface area contributed by atoms with Gasteiger partial charge in [0.1, 0.15) is 0 Å². The summed E-state index contributed by atoms with van der Waals surface area (Å²) in [6.45, 7) is 6.76. The van der Waals surface area contributed by atoms with Gasteiger partial charge >= 0.3 is 0 Å². The summed E-state index contributed by atoms with van der Waals surface area (Å²) in [5.74, 6) is 0.846. The van der Waals surface area contributed by atoms with Gasteiger partial charge < -0.3 is 14.4 Å². The summed E-state index contributed by atoms with van der Waals surface area (Å²) in [7, 11) is 0. The molecule has 1 atom stereocenters. The van der Waals surface area contributed by atoms with Crippen molar-refractivity contribution in [2.24, 2.45) is 5.92 Å². The molecule has 2 fully saturated rings. The molecule has 3 heterocycles. The lowest BCUT2D eigenvalue weighted by atomic mass is 9.93. The Morgan fingerprint density at radius 3 is 2.80 bits per heavy atom. The van der Waals surface area contributed by atoms with E-state index in [4.69, 9.17) is 9.47 Å². The van der Waals surface area contributed by atoms with Crippen molar-refractivity contribution in [2.45, 2.75) is 31.9 Å². The van der Waals surface area contributed by atoms with Crippen molar-refractivity contribution in [1.82, 2.24) is 14.7 Å². The predicted octanol–water partition coefficient (Wildman–Crippen LogP) is 1.40. The van der Waals surface area contributed by atoms with Crippen molar-refractivity contribution in [2.75, 3.05) is 39.5 Å². The number of aromatic nitrogens is 2. The Morgan fingerprint density at radius 2 is 2.10 bits per heavy atom. The maximum atomic E-state index is 5.73.